The van der Waals surface area contributed by atoms with Crippen molar-refractivity contribution in [2.24, 2.45) is 0 Å². The van der Waals surface area contributed by atoms with E-state index in [4.69, 9.17) is 0 Å². The number of nitrogens with zero attached hydrogens (tertiary/aromatic N) is 2. The number of pyridine rings is 1. The van der Waals surface area contributed by atoms with Gasteiger partial charge in [0.1, 0.15) is 0 Å². The second kappa shape index (κ2) is 4.69. The van der Waals surface area contributed by atoms with E-state index in [9.17, 15) is 9.18 Å². The van der Waals surface area contributed by atoms with Crippen molar-refractivity contribution in [2.75, 3.05) is 11.9 Å². The number of anilines is 1. The SMILES string of the molecule is CC(C)N1CC(Nc2ccncc2F)CC1=O. The molecule has 1 N–H and O–H groups in total. The lowest BCUT2D eigenvalue weighted by Gasteiger charge is -2.21. The number of carbonyl (C=O) groups is 1. The van der Waals surface area contributed by atoms with Gasteiger partial charge in [-0.15, -0.1) is 0 Å². The zero-order valence-electron chi connectivity index (χ0n) is 9.98. The quantitative estimate of drug-likeness (QED) is 0.869. The first-order valence-corrected chi connectivity index (χ1v) is 5.73. The van der Waals surface area contributed by atoms with E-state index >= 15 is 0 Å². The van der Waals surface area contributed by atoms with Crippen LogP contribution in [0, 0.1) is 5.82 Å². The number of aromatic nitrogens is 1. The zero-order valence-corrected chi connectivity index (χ0v) is 9.98. The number of rotatable bonds is 3. The maximum absolute atomic E-state index is 13.4. The largest absolute Gasteiger partial charge is 0.378 e. The van der Waals surface area contributed by atoms with Gasteiger partial charge in [0.25, 0.3) is 0 Å². The molecule has 1 aromatic heterocycles. The fourth-order valence-corrected chi connectivity index (χ4v) is 2.04. The van der Waals surface area contributed by atoms with Gasteiger partial charge in [0.05, 0.1) is 17.9 Å². The van der Waals surface area contributed by atoms with Crippen LogP contribution in [0.25, 0.3) is 0 Å². The summed E-state index contributed by atoms with van der Waals surface area (Å²) < 4.78 is 13.4. The van der Waals surface area contributed by atoms with Gasteiger partial charge >= 0.3 is 0 Å². The first-order chi connectivity index (χ1) is 8.08. The van der Waals surface area contributed by atoms with Gasteiger partial charge in [-0.05, 0) is 19.9 Å². The van der Waals surface area contributed by atoms with Crippen LogP contribution < -0.4 is 5.32 Å². The van der Waals surface area contributed by atoms with Crippen LogP contribution in [0.3, 0.4) is 0 Å². The molecule has 0 saturated carbocycles. The van der Waals surface area contributed by atoms with Crippen molar-refractivity contribution in [2.45, 2.75) is 32.4 Å². The van der Waals surface area contributed by atoms with Gasteiger partial charge in [-0.25, -0.2) is 4.39 Å². The summed E-state index contributed by atoms with van der Waals surface area (Å²) in [5.41, 5.74) is 0.406. The molecule has 4 nitrogen and oxygen atoms in total. The Hall–Kier alpha value is -1.65. The highest BCUT2D eigenvalue weighted by Crippen LogP contribution is 2.20. The molecule has 92 valence electrons. The van der Waals surface area contributed by atoms with E-state index in [1.165, 1.54) is 12.4 Å². The predicted octanol–water partition coefficient (Wildman–Crippen LogP) is 1.64. The third kappa shape index (κ3) is 2.54. The smallest absolute Gasteiger partial charge is 0.225 e. The van der Waals surface area contributed by atoms with Crippen LogP contribution in [0.4, 0.5) is 10.1 Å². The average molecular weight is 237 g/mol. The Labute approximate surface area is 99.8 Å². The molecular weight excluding hydrogens is 221 g/mol. The molecule has 1 amide bonds. The Morgan fingerprint density at radius 3 is 2.94 bits per heavy atom. The minimum atomic E-state index is -0.386. The van der Waals surface area contributed by atoms with Gasteiger partial charge in [0.2, 0.25) is 5.91 Å². The predicted molar refractivity (Wildman–Crippen MR) is 63.1 cm³/mol. The van der Waals surface area contributed by atoms with E-state index in [0.717, 1.165) is 0 Å². The number of carbonyl (C=O) groups excluding carboxylic acids is 1. The molecule has 0 aromatic carbocycles. The lowest BCUT2D eigenvalue weighted by atomic mass is 10.2. The van der Waals surface area contributed by atoms with Crippen LogP contribution in [0.15, 0.2) is 18.5 Å². The summed E-state index contributed by atoms with van der Waals surface area (Å²) in [6.45, 7) is 4.58. The van der Waals surface area contributed by atoms with Crippen molar-refractivity contribution in [3.8, 4) is 0 Å². The summed E-state index contributed by atoms with van der Waals surface area (Å²) in [5.74, 6) is -0.269. The highest BCUT2D eigenvalue weighted by molar-refractivity contribution is 5.80. The number of likely N-dealkylation sites (tertiary alicyclic amines) is 1. The summed E-state index contributed by atoms with van der Waals surface area (Å²) >= 11 is 0. The molecule has 1 aliphatic heterocycles. The molecule has 0 spiro atoms. The average Bonchev–Trinajstić information content (AvgIpc) is 2.63. The Balaban J connectivity index is 2.03. The molecule has 1 atom stereocenters. The number of nitrogens with one attached hydrogen (secondary N) is 1. The molecule has 5 heteroatoms. The van der Waals surface area contributed by atoms with E-state index < -0.39 is 0 Å². The van der Waals surface area contributed by atoms with E-state index in [2.05, 4.69) is 10.3 Å². The highest BCUT2D eigenvalue weighted by atomic mass is 19.1. The highest BCUT2D eigenvalue weighted by Gasteiger charge is 2.31. The summed E-state index contributed by atoms with van der Waals surface area (Å²) in [6.07, 6.45) is 3.11. The van der Waals surface area contributed by atoms with Crippen molar-refractivity contribution in [1.29, 1.82) is 0 Å². The molecule has 0 aliphatic carbocycles. The maximum Gasteiger partial charge on any atom is 0.225 e. The summed E-state index contributed by atoms with van der Waals surface area (Å²) in [5, 5.41) is 3.05. The standard InChI is InChI=1S/C12H16FN3O/c1-8(2)16-7-9(5-12(16)17)15-11-3-4-14-6-10(11)13/h3-4,6,8-9H,5,7H2,1-2H3,(H,14,15). The fraction of sp³-hybridized carbons (Fsp3) is 0.500. The minimum Gasteiger partial charge on any atom is -0.378 e. The van der Waals surface area contributed by atoms with Crippen molar-refractivity contribution in [1.82, 2.24) is 9.88 Å². The Bertz CT molecular complexity index is 422. The first-order valence-electron chi connectivity index (χ1n) is 5.73. The second-order valence-corrected chi connectivity index (χ2v) is 4.54. The third-order valence-corrected chi connectivity index (χ3v) is 2.91. The fourth-order valence-electron chi connectivity index (χ4n) is 2.04. The van der Waals surface area contributed by atoms with E-state index in [-0.39, 0.29) is 23.8 Å². The van der Waals surface area contributed by atoms with Gasteiger partial charge < -0.3 is 10.2 Å². The summed E-state index contributed by atoms with van der Waals surface area (Å²) in [7, 11) is 0. The van der Waals surface area contributed by atoms with E-state index in [1.54, 1.807) is 11.0 Å². The molecule has 1 unspecified atom stereocenters. The zero-order chi connectivity index (χ0) is 12.4. The van der Waals surface area contributed by atoms with Gasteiger partial charge in [-0.3, -0.25) is 9.78 Å². The lowest BCUT2D eigenvalue weighted by molar-refractivity contribution is -0.129. The molecule has 2 heterocycles. The number of amides is 1. The van der Waals surface area contributed by atoms with Crippen molar-refractivity contribution in [3.63, 3.8) is 0 Å². The second-order valence-electron chi connectivity index (χ2n) is 4.54. The molecule has 1 aliphatic rings. The maximum atomic E-state index is 13.4. The van der Waals surface area contributed by atoms with Gasteiger partial charge in [0.15, 0.2) is 5.82 Å². The topological polar surface area (TPSA) is 45.2 Å². The van der Waals surface area contributed by atoms with Crippen LogP contribution in [-0.2, 0) is 4.79 Å². The number of hydrogen-bond acceptors (Lipinski definition) is 3. The molecule has 2 rings (SSSR count). The summed E-state index contributed by atoms with van der Waals surface area (Å²) in [4.78, 5) is 17.2. The summed E-state index contributed by atoms with van der Waals surface area (Å²) in [6, 6.07) is 1.75. The number of hydrogen-bond donors (Lipinski definition) is 1. The van der Waals surface area contributed by atoms with Gasteiger partial charge in [-0.2, -0.15) is 0 Å². The van der Waals surface area contributed by atoms with Crippen molar-refractivity contribution >= 4 is 11.6 Å². The van der Waals surface area contributed by atoms with Crippen LogP contribution in [0.2, 0.25) is 0 Å². The Morgan fingerprint density at radius 1 is 1.59 bits per heavy atom. The molecule has 0 radical (unpaired) electrons. The van der Waals surface area contributed by atoms with Crippen molar-refractivity contribution in [3.05, 3.63) is 24.3 Å². The third-order valence-electron chi connectivity index (χ3n) is 2.91. The van der Waals surface area contributed by atoms with Crippen LogP contribution >= 0.6 is 0 Å². The monoisotopic (exact) mass is 237 g/mol. The first kappa shape index (κ1) is 11.8. The Morgan fingerprint density at radius 2 is 2.35 bits per heavy atom. The van der Waals surface area contributed by atoms with Crippen LogP contribution in [-0.4, -0.2) is 34.4 Å². The van der Waals surface area contributed by atoms with Crippen molar-refractivity contribution < 1.29 is 9.18 Å². The molecule has 1 aromatic rings. The molecule has 1 fully saturated rings. The normalized spacial score (nSPS) is 20.1. The Kier molecular flexibility index (Phi) is 3.26. The van der Waals surface area contributed by atoms with E-state index in [1.807, 2.05) is 13.8 Å². The van der Waals surface area contributed by atoms with E-state index in [0.29, 0.717) is 18.7 Å². The van der Waals surface area contributed by atoms with Gasteiger partial charge in [0, 0.05) is 25.2 Å². The molecular formula is C12H16FN3O. The van der Waals surface area contributed by atoms with Crippen LogP contribution in [0.1, 0.15) is 20.3 Å². The molecule has 17 heavy (non-hydrogen) atoms. The minimum absolute atomic E-state index is 0.0261. The van der Waals surface area contributed by atoms with Crippen LogP contribution in [0.5, 0.6) is 0 Å². The molecule has 0 bridgehead atoms. The molecule has 1 saturated heterocycles. The lowest BCUT2D eigenvalue weighted by Crippen LogP contribution is -2.33. The van der Waals surface area contributed by atoms with Gasteiger partial charge in [-0.1, -0.05) is 0 Å². The number of halogens is 1.